The van der Waals surface area contributed by atoms with E-state index in [4.69, 9.17) is 10.2 Å². The first-order valence-electron chi connectivity index (χ1n) is 4.36. The van der Waals surface area contributed by atoms with E-state index in [9.17, 15) is 10.2 Å². The Morgan fingerprint density at radius 3 is 1.71 bits per heavy atom. The highest BCUT2D eigenvalue weighted by Gasteiger charge is 2.10. The van der Waals surface area contributed by atoms with Gasteiger partial charge >= 0.3 is 0 Å². The molecule has 0 fully saturated rings. The maximum Gasteiger partial charge on any atom is 0.102 e. The number of aliphatic hydroxyl groups excluding tert-OH is 4. The van der Waals surface area contributed by atoms with Gasteiger partial charge in [0.05, 0.1) is 13.2 Å². The first-order valence-corrected chi connectivity index (χ1v) is 4.36. The minimum absolute atomic E-state index is 0.362. The van der Waals surface area contributed by atoms with E-state index in [1.54, 1.807) is 24.3 Å². The van der Waals surface area contributed by atoms with Crippen molar-refractivity contribution in [2.75, 3.05) is 13.2 Å². The van der Waals surface area contributed by atoms with Gasteiger partial charge in [-0.15, -0.1) is 0 Å². The molecule has 0 radical (unpaired) electrons. The van der Waals surface area contributed by atoms with Gasteiger partial charge in [-0.25, -0.2) is 0 Å². The minimum atomic E-state index is -0.944. The second kappa shape index (κ2) is 5.07. The molecule has 0 amide bonds. The summed E-state index contributed by atoms with van der Waals surface area (Å²) in [4.78, 5) is 0. The van der Waals surface area contributed by atoms with Gasteiger partial charge < -0.3 is 20.4 Å². The summed E-state index contributed by atoms with van der Waals surface area (Å²) < 4.78 is 0. The van der Waals surface area contributed by atoms with Crippen LogP contribution in [-0.4, -0.2) is 33.6 Å². The molecule has 4 nitrogen and oxygen atoms in total. The Bertz CT molecular complexity index is 262. The number of hydrogen-bond donors (Lipinski definition) is 4. The Balaban J connectivity index is 2.89. The van der Waals surface area contributed by atoms with Crippen LogP contribution in [0.25, 0.3) is 0 Å². The SMILES string of the molecule is OC[C@@H](O)c1cccc([C@@H](O)CO)c1. The zero-order valence-corrected chi connectivity index (χ0v) is 7.67. The summed E-state index contributed by atoms with van der Waals surface area (Å²) in [6.45, 7) is -0.725. The minimum Gasteiger partial charge on any atom is -0.393 e. The van der Waals surface area contributed by atoms with Crippen molar-refractivity contribution in [3.8, 4) is 0 Å². The van der Waals surface area contributed by atoms with E-state index in [2.05, 4.69) is 0 Å². The number of benzene rings is 1. The lowest BCUT2D eigenvalue weighted by Gasteiger charge is -2.12. The lowest BCUT2D eigenvalue weighted by atomic mass is 10.0. The molecular formula is C10H14O4. The van der Waals surface area contributed by atoms with Gasteiger partial charge in [-0.05, 0) is 11.1 Å². The van der Waals surface area contributed by atoms with Gasteiger partial charge in [-0.1, -0.05) is 24.3 Å². The van der Waals surface area contributed by atoms with Gasteiger partial charge in [0, 0.05) is 0 Å². The van der Waals surface area contributed by atoms with Crippen LogP contribution in [-0.2, 0) is 0 Å². The molecule has 0 aliphatic carbocycles. The largest absolute Gasteiger partial charge is 0.393 e. The molecule has 0 bridgehead atoms. The van der Waals surface area contributed by atoms with Crippen LogP contribution < -0.4 is 0 Å². The summed E-state index contributed by atoms with van der Waals surface area (Å²) in [6.07, 6.45) is -1.89. The molecule has 0 aromatic heterocycles. The van der Waals surface area contributed by atoms with Crippen molar-refractivity contribution in [3.63, 3.8) is 0 Å². The first kappa shape index (κ1) is 11.1. The summed E-state index contributed by atoms with van der Waals surface area (Å²) in [5.74, 6) is 0. The van der Waals surface area contributed by atoms with E-state index < -0.39 is 12.2 Å². The molecule has 14 heavy (non-hydrogen) atoms. The molecule has 0 aliphatic heterocycles. The van der Waals surface area contributed by atoms with Crippen molar-refractivity contribution < 1.29 is 20.4 Å². The van der Waals surface area contributed by atoms with E-state index in [-0.39, 0.29) is 13.2 Å². The van der Waals surface area contributed by atoms with Crippen molar-refractivity contribution in [2.24, 2.45) is 0 Å². The molecule has 4 heteroatoms. The Labute approximate surface area is 82.1 Å². The van der Waals surface area contributed by atoms with Gasteiger partial charge in [0.15, 0.2) is 0 Å². The molecule has 0 heterocycles. The van der Waals surface area contributed by atoms with Crippen molar-refractivity contribution in [1.82, 2.24) is 0 Å². The standard InChI is InChI=1S/C10H14O4/c11-5-9(13)7-2-1-3-8(4-7)10(14)6-12/h1-4,9-14H,5-6H2/t9-,10+. The molecule has 0 unspecified atom stereocenters. The zero-order chi connectivity index (χ0) is 10.6. The molecule has 0 saturated heterocycles. The van der Waals surface area contributed by atoms with E-state index in [1.165, 1.54) is 0 Å². The fourth-order valence-electron chi connectivity index (χ4n) is 1.18. The lowest BCUT2D eigenvalue weighted by molar-refractivity contribution is 0.0905. The molecular weight excluding hydrogens is 184 g/mol. The van der Waals surface area contributed by atoms with Crippen LogP contribution in [0.5, 0.6) is 0 Å². The lowest BCUT2D eigenvalue weighted by Crippen LogP contribution is -2.06. The quantitative estimate of drug-likeness (QED) is 0.537. The van der Waals surface area contributed by atoms with Gasteiger partial charge in [-0.2, -0.15) is 0 Å². The third-order valence-corrected chi connectivity index (χ3v) is 2.03. The van der Waals surface area contributed by atoms with Crippen molar-refractivity contribution in [2.45, 2.75) is 12.2 Å². The van der Waals surface area contributed by atoms with Gasteiger partial charge in [0.1, 0.15) is 12.2 Å². The Kier molecular flexibility index (Phi) is 4.03. The van der Waals surface area contributed by atoms with Crippen molar-refractivity contribution >= 4 is 0 Å². The van der Waals surface area contributed by atoms with Gasteiger partial charge in [-0.3, -0.25) is 0 Å². The maximum atomic E-state index is 9.31. The molecule has 2 atom stereocenters. The molecule has 1 aromatic carbocycles. The van der Waals surface area contributed by atoms with Crippen LogP contribution in [0.15, 0.2) is 24.3 Å². The van der Waals surface area contributed by atoms with Crippen molar-refractivity contribution in [3.05, 3.63) is 35.4 Å². The fourth-order valence-corrected chi connectivity index (χ4v) is 1.18. The third kappa shape index (κ3) is 2.52. The number of aliphatic hydroxyl groups is 4. The van der Waals surface area contributed by atoms with Crippen molar-refractivity contribution in [1.29, 1.82) is 0 Å². The van der Waals surface area contributed by atoms with Gasteiger partial charge in [0.2, 0.25) is 0 Å². The zero-order valence-electron chi connectivity index (χ0n) is 7.67. The number of rotatable bonds is 4. The summed E-state index contributed by atoms with van der Waals surface area (Å²) in [7, 11) is 0. The highest BCUT2D eigenvalue weighted by molar-refractivity contribution is 5.26. The Hall–Kier alpha value is -0.940. The highest BCUT2D eigenvalue weighted by Crippen LogP contribution is 2.18. The first-order chi connectivity index (χ1) is 6.69. The third-order valence-electron chi connectivity index (χ3n) is 2.03. The van der Waals surface area contributed by atoms with E-state index >= 15 is 0 Å². The van der Waals surface area contributed by atoms with Crippen LogP contribution in [0.4, 0.5) is 0 Å². The fraction of sp³-hybridized carbons (Fsp3) is 0.400. The molecule has 1 aromatic rings. The highest BCUT2D eigenvalue weighted by atomic mass is 16.3. The van der Waals surface area contributed by atoms with E-state index in [0.29, 0.717) is 11.1 Å². The molecule has 4 N–H and O–H groups in total. The molecule has 0 saturated carbocycles. The Morgan fingerprint density at radius 1 is 0.929 bits per heavy atom. The summed E-state index contributed by atoms with van der Waals surface area (Å²) in [6, 6.07) is 6.51. The smallest absolute Gasteiger partial charge is 0.102 e. The average molecular weight is 198 g/mol. The maximum absolute atomic E-state index is 9.31. The van der Waals surface area contributed by atoms with Crippen LogP contribution >= 0.6 is 0 Å². The van der Waals surface area contributed by atoms with E-state index in [0.717, 1.165) is 0 Å². The van der Waals surface area contributed by atoms with Gasteiger partial charge in [0.25, 0.3) is 0 Å². The Morgan fingerprint density at radius 2 is 1.36 bits per heavy atom. The topological polar surface area (TPSA) is 80.9 Å². The summed E-state index contributed by atoms with van der Waals surface area (Å²) >= 11 is 0. The van der Waals surface area contributed by atoms with Crippen LogP contribution in [0.3, 0.4) is 0 Å². The predicted octanol–water partition coefficient (Wildman–Crippen LogP) is -0.262. The second-order valence-electron chi connectivity index (χ2n) is 3.07. The molecule has 0 spiro atoms. The second-order valence-corrected chi connectivity index (χ2v) is 3.07. The average Bonchev–Trinajstić information content (AvgIpc) is 2.27. The summed E-state index contributed by atoms with van der Waals surface area (Å²) in [5, 5.41) is 36.1. The monoisotopic (exact) mass is 198 g/mol. The van der Waals surface area contributed by atoms with E-state index in [1.807, 2.05) is 0 Å². The van der Waals surface area contributed by atoms with Crippen LogP contribution in [0.1, 0.15) is 23.3 Å². The predicted molar refractivity (Wildman–Crippen MR) is 50.5 cm³/mol. The number of hydrogen-bond acceptors (Lipinski definition) is 4. The van der Waals surface area contributed by atoms with Crippen LogP contribution in [0, 0.1) is 0 Å². The summed E-state index contributed by atoms with van der Waals surface area (Å²) in [5.41, 5.74) is 1.05. The van der Waals surface area contributed by atoms with Crippen LogP contribution in [0.2, 0.25) is 0 Å². The molecule has 0 aliphatic rings. The normalized spacial score (nSPS) is 15.1. The molecule has 78 valence electrons. The molecule has 1 rings (SSSR count).